The number of rotatable bonds is 6. The fourth-order valence-electron chi connectivity index (χ4n) is 3.01. The Labute approximate surface area is 154 Å². The molecule has 0 saturated carbocycles. The number of hydrogen-bond donors (Lipinski definition) is 1. The van der Waals surface area contributed by atoms with Crippen molar-refractivity contribution in [3.8, 4) is 11.5 Å². The molecule has 1 N–H and O–H groups in total. The summed E-state index contributed by atoms with van der Waals surface area (Å²) in [6.45, 7) is 0.583. The lowest BCUT2D eigenvalue weighted by molar-refractivity contribution is -0.0515. The van der Waals surface area contributed by atoms with Crippen molar-refractivity contribution in [1.82, 2.24) is 5.32 Å². The van der Waals surface area contributed by atoms with Gasteiger partial charge in [-0.2, -0.15) is 8.78 Å². The van der Waals surface area contributed by atoms with Gasteiger partial charge in [-0.25, -0.2) is 0 Å². The maximum absolute atomic E-state index is 12.8. The summed E-state index contributed by atoms with van der Waals surface area (Å²) in [6, 6.07) is 11.4. The summed E-state index contributed by atoms with van der Waals surface area (Å²) in [4.78, 5) is 12.7. The van der Waals surface area contributed by atoms with E-state index in [0.29, 0.717) is 11.3 Å². The van der Waals surface area contributed by atoms with E-state index in [-0.39, 0.29) is 17.1 Å². The van der Waals surface area contributed by atoms with Gasteiger partial charge in [-0.05, 0) is 32.0 Å². The van der Waals surface area contributed by atoms with E-state index in [0.717, 1.165) is 10.9 Å². The van der Waals surface area contributed by atoms with Gasteiger partial charge in [0.2, 0.25) is 0 Å². The van der Waals surface area contributed by atoms with Crippen LogP contribution >= 0.6 is 0 Å². The Hall–Kier alpha value is -3.09. The highest BCUT2D eigenvalue weighted by atomic mass is 19.3. The molecular formula is C20H19F2NO4. The molecule has 0 aliphatic rings. The van der Waals surface area contributed by atoms with Crippen LogP contribution in [0.15, 0.2) is 46.9 Å². The summed E-state index contributed by atoms with van der Waals surface area (Å²) >= 11 is 0. The fourth-order valence-corrected chi connectivity index (χ4v) is 3.01. The topological polar surface area (TPSA) is 60.7 Å². The van der Waals surface area contributed by atoms with Gasteiger partial charge in [0.15, 0.2) is 11.5 Å². The Balaban J connectivity index is 1.89. The van der Waals surface area contributed by atoms with Gasteiger partial charge in [-0.15, -0.1) is 0 Å². The molecule has 0 aliphatic carbocycles. The highest BCUT2D eigenvalue weighted by Crippen LogP contribution is 2.34. The first-order valence-corrected chi connectivity index (χ1v) is 8.33. The third-order valence-corrected chi connectivity index (χ3v) is 4.27. The number of ether oxygens (including phenoxy) is 2. The lowest BCUT2D eigenvalue weighted by Crippen LogP contribution is -2.27. The molecule has 3 rings (SSSR count). The quantitative estimate of drug-likeness (QED) is 0.670. The summed E-state index contributed by atoms with van der Waals surface area (Å²) in [6.07, 6.45) is 0. The van der Waals surface area contributed by atoms with E-state index < -0.39 is 18.6 Å². The second kappa shape index (κ2) is 7.65. The van der Waals surface area contributed by atoms with E-state index in [1.54, 1.807) is 6.92 Å². The van der Waals surface area contributed by atoms with Crippen molar-refractivity contribution in [2.24, 2.45) is 0 Å². The van der Waals surface area contributed by atoms with Gasteiger partial charge in [0.05, 0.1) is 18.7 Å². The molecule has 0 aliphatic heterocycles. The number of benzene rings is 2. The van der Waals surface area contributed by atoms with Crippen LogP contribution in [0.4, 0.5) is 8.78 Å². The van der Waals surface area contributed by atoms with E-state index in [9.17, 15) is 13.6 Å². The molecule has 1 atom stereocenters. The van der Waals surface area contributed by atoms with Crippen LogP contribution in [0.25, 0.3) is 11.0 Å². The molecule has 0 radical (unpaired) electrons. The number of alkyl halides is 2. The molecule has 1 amide bonds. The molecule has 3 aromatic rings. The number of carbonyl (C=O) groups excluding carboxylic acids is 1. The van der Waals surface area contributed by atoms with E-state index in [4.69, 9.17) is 9.15 Å². The van der Waals surface area contributed by atoms with Crippen molar-refractivity contribution in [3.05, 3.63) is 59.4 Å². The normalized spacial score (nSPS) is 12.2. The van der Waals surface area contributed by atoms with Crippen molar-refractivity contribution in [3.63, 3.8) is 0 Å². The van der Waals surface area contributed by atoms with E-state index in [1.807, 2.05) is 31.2 Å². The lowest BCUT2D eigenvalue weighted by atomic mass is 10.1. The smallest absolute Gasteiger partial charge is 0.387 e. The highest BCUT2D eigenvalue weighted by Gasteiger charge is 2.23. The van der Waals surface area contributed by atoms with Crippen LogP contribution in [-0.4, -0.2) is 19.6 Å². The number of methoxy groups -OCH3 is 1. The molecule has 7 heteroatoms. The zero-order valence-corrected chi connectivity index (χ0v) is 15.1. The SMILES string of the molecule is COc1cccc(C(=O)NC(C)c2oc3ccccc3c2C)c1OC(F)F. The number of furan rings is 1. The van der Waals surface area contributed by atoms with Crippen LogP contribution in [0, 0.1) is 6.92 Å². The van der Waals surface area contributed by atoms with E-state index in [2.05, 4.69) is 10.1 Å². The number of para-hydroxylation sites is 2. The van der Waals surface area contributed by atoms with Gasteiger partial charge >= 0.3 is 6.61 Å². The molecule has 1 unspecified atom stereocenters. The maximum Gasteiger partial charge on any atom is 0.387 e. The molecule has 1 aromatic heterocycles. The summed E-state index contributed by atoms with van der Waals surface area (Å²) in [7, 11) is 1.32. The van der Waals surface area contributed by atoms with Gasteiger partial charge < -0.3 is 19.2 Å². The molecular weight excluding hydrogens is 356 g/mol. The molecule has 1 heterocycles. The predicted octanol–water partition coefficient (Wildman–Crippen LogP) is 4.84. The molecule has 2 aromatic carbocycles. The van der Waals surface area contributed by atoms with Crippen LogP contribution in [-0.2, 0) is 0 Å². The summed E-state index contributed by atoms with van der Waals surface area (Å²) in [5.41, 5.74) is 1.58. The second-order valence-corrected chi connectivity index (χ2v) is 6.00. The Morgan fingerprint density at radius 3 is 2.56 bits per heavy atom. The van der Waals surface area contributed by atoms with Gasteiger partial charge in [-0.3, -0.25) is 4.79 Å². The van der Waals surface area contributed by atoms with Gasteiger partial charge in [0, 0.05) is 10.9 Å². The summed E-state index contributed by atoms with van der Waals surface area (Å²) in [5.74, 6) is -0.225. The average Bonchev–Trinajstić information content (AvgIpc) is 2.98. The number of aryl methyl sites for hydroxylation is 1. The minimum atomic E-state index is -3.08. The molecule has 0 fully saturated rings. The Morgan fingerprint density at radius 1 is 1.15 bits per heavy atom. The summed E-state index contributed by atoms with van der Waals surface area (Å²) < 4.78 is 40.9. The predicted molar refractivity (Wildman–Crippen MR) is 96.5 cm³/mol. The van der Waals surface area contributed by atoms with Crippen molar-refractivity contribution in [1.29, 1.82) is 0 Å². The molecule has 142 valence electrons. The molecule has 27 heavy (non-hydrogen) atoms. The number of hydrogen-bond acceptors (Lipinski definition) is 4. The Morgan fingerprint density at radius 2 is 1.89 bits per heavy atom. The number of fused-ring (bicyclic) bond motifs is 1. The minimum absolute atomic E-state index is 0.0461. The number of halogens is 2. The van der Waals surface area contributed by atoms with Gasteiger partial charge in [0.1, 0.15) is 11.3 Å². The third kappa shape index (κ3) is 3.72. The fraction of sp³-hybridized carbons (Fsp3) is 0.250. The molecule has 0 bridgehead atoms. The monoisotopic (exact) mass is 375 g/mol. The van der Waals surface area contributed by atoms with Crippen LogP contribution in [0.2, 0.25) is 0 Å². The van der Waals surface area contributed by atoms with Gasteiger partial charge in [0.25, 0.3) is 5.91 Å². The zero-order valence-electron chi connectivity index (χ0n) is 15.1. The minimum Gasteiger partial charge on any atom is -0.493 e. The summed E-state index contributed by atoms with van der Waals surface area (Å²) in [5, 5.41) is 3.72. The molecule has 0 saturated heterocycles. The number of carbonyl (C=O) groups is 1. The largest absolute Gasteiger partial charge is 0.493 e. The second-order valence-electron chi connectivity index (χ2n) is 6.00. The zero-order chi connectivity index (χ0) is 19.6. The average molecular weight is 375 g/mol. The van der Waals surface area contributed by atoms with Crippen LogP contribution in [0.3, 0.4) is 0 Å². The number of nitrogens with one attached hydrogen (secondary N) is 1. The highest BCUT2D eigenvalue weighted by molar-refractivity contribution is 5.98. The van der Waals surface area contributed by atoms with Crippen molar-refractivity contribution in [2.45, 2.75) is 26.5 Å². The maximum atomic E-state index is 12.8. The van der Waals surface area contributed by atoms with Crippen LogP contribution in [0.5, 0.6) is 11.5 Å². The van der Waals surface area contributed by atoms with Crippen molar-refractivity contribution >= 4 is 16.9 Å². The molecule has 5 nitrogen and oxygen atoms in total. The standard InChI is InChI=1S/C20H19F2NO4/c1-11-13-7-4-5-9-15(13)26-17(11)12(2)23-19(24)14-8-6-10-16(25-3)18(14)27-20(21)22/h4-10,12,20H,1-3H3,(H,23,24). The van der Waals surface area contributed by atoms with Crippen molar-refractivity contribution < 1.29 is 27.5 Å². The number of amides is 1. The van der Waals surface area contributed by atoms with E-state index in [1.165, 1.54) is 25.3 Å². The first kappa shape index (κ1) is 18.7. The van der Waals surface area contributed by atoms with Crippen molar-refractivity contribution in [2.75, 3.05) is 7.11 Å². The first-order chi connectivity index (χ1) is 12.9. The van der Waals surface area contributed by atoms with Crippen LogP contribution in [0.1, 0.15) is 34.6 Å². The van der Waals surface area contributed by atoms with E-state index >= 15 is 0 Å². The Kier molecular flexibility index (Phi) is 5.30. The van der Waals surface area contributed by atoms with Crippen LogP contribution < -0.4 is 14.8 Å². The lowest BCUT2D eigenvalue weighted by Gasteiger charge is -2.16. The Bertz CT molecular complexity index is 968. The third-order valence-electron chi connectivity index (χ3n) is 4.27. The van der Waals surface area contributed by atoms with Gasteiger partial charge in [-0.1, -0.05) is 24.3 Å². The molecule has 0 spiro atoms. The first-order valence-electron chi connectivity index (χ1n) is 8.33.